The first-order valence-electron chi connectivity index (χ1n) is 7.67. The SMILES string of the molecule is COc1ccc(S(=O)(=O)NC[C@](C)(OC)c2cccc(Cl)c2)cc1C. The van der Waals surface area contributed by atoms with Gasteiger partial charge in [0.05, 0.1) is 12.0 Å². The van der Waals surface area contributed by atoms with Crippen LogP contribution < -0.4 is 9.46 Å². The van der Waals surface area contributed by atoms with Gasteiger partial charge in [-0.15, -0.1) is 0 Å². The van der Waals surface area contributed by atoms with Crippen molar-refractivity contribution in [3.05, 3.63) is 58.6 Å². The lowest BCUT2D eigenvalue weighted by molar-refractivity contribution is 0.00699. The van der Waals surface area contributed by atoms with E-state index in [9.17, 15) is 8.42 Å². The van der Waals surface area contributed by atoms with Crippen LogP contribution >= 0.6 is 11.6 Å². The van der Waals surface area contributed by atoms with Crippen molar-refractivity contribution in [3.8, 4) is 5.75 Å². The first-order chi connectivity index (χ1) is 11.7. The highest BCUT2D eigenvalue weighted by Gasteiger charge is 2.29. The summed E-state index contributed by atoms with van der Waals surface area (Å²) >= 11 is 6.03. The number of rotatable bonds is 7. The molecule has 5 nitrogen and oxygen atoms in total. The molecule has 0 aliphatic heterocycles. The Morgan fingerprint density at radius 2 is 1.88 bits per heavy atom. The minimum absolute atomic E-state index is 0.0667. The Balaban J connectivity index is 2.24. The fourth-order valence-corrected chi connectivity index (χ4v) is 3.85. The van der Waals surface area contributed by atoms with E-state index in [0.717, 1.165) is 11.1 Å². The zero-order chi connectivity index (χ0) is 18.7. The summed E-state index contributed by atoms with van der Waals surface area (Å²) in [5.41, 5.74) is 0.685. The Bertz CT molecular complexity index is 854. The second-order valence-corrected chi connectivity index (χ2v) is 8.10. The molecule has 0 radical (unpaired) electrons. The Morgan fingerprint density at radius 1 is 1.16 bits per heavy atom. The molecule has 1 atom stereocenters. The van der Waals surface area contributed by atoms with E-state index in [0.29, 0.717) is 10.8 Å². The number of aryl methyl sites for hydroxylation is 1. The molecule has 2 aromatic rings. The molecule has 2 rings (SSSR count). The number of nitrogens with one attached hydrogen (secondary N) is 1. The van der Waals surface area contributed by atoms with Crippen LogP contribution in [0.15, 0.2) is 47.4 Å². The summed E-state index contributed by atoms with van der Waals surface area (Å²) in [7, 11) is -0.608. The monoisotopic (exact) mass is 383 g/mol. The van der Waals surface area contributed by atoms with Gasteiger partial charge in [0.1, 0.15) is 11.4 Å². The first kappa shape index (κ1) is 19.7. The number of ether oxygens (including phenoxy) is 2. The van der Waals surface area contributed by atoms with Crippen molar-refractivity contribution in [1.82, 2.24) is 4.72 Å². The van der Waals surface area contributed by atoms with Gasteiger partial charge in [0.15, 0.2) is 0 Å². The molecule has 0 heterocycles. The van der Waals surface area contributed by atoms with Gasteiger partial charge in [-0.2, -0.15) is 0 Å². The predicted molar refractivity (Wildman–Crippen MR) is 98.7 cm³/mol. The van der Waals surface area contributed by atoms with Gasteiger partial charge in [0.25, 0.3) is 0 Å². The van der Waals surface area contributed by atoms with Crippen LogP contribution in [-0.2, 0) is 20.4 Å². The fraction of sp³-hybridized carbons (Fsp3) is 0.333. The molecule has 1 N–H and O–H groups in total. The molecule has 0 aliphatic rings. The van der Waals surface area contributed by atoms with Gasteiger partial charge in [-0.25, -0.2) is 13.1 Å². The normalized spacial score (nSPS) is 14.1. The quantitative estimate of drug-likeness (QED) is 0.794. The van der Waals surface area contributed by atoms with Gasteiger partial charge in [0.2, 0.25) is 10.0 Å². The second-order valence-electron chi connectivity index (χ2n) is 5.90. The van der Waals surface area contributed by atoms with Crippen LogP contribution in [0.3, 0.4) is 0 Å². The molecule has 0 fully saturated rings. The summed E-state index contributed by atoms with van der Waals surface area (Å²) in [6.45, 7) is 3.67. The highest BCUT2D eigenvalue weighted by atomic mass is 35.5. The van der Waals surface area contributed by atoms with Crippen LogP contribution in [0.1, 0.15) is 18.1 Å². The Kier molecular flexibility index (Phi) is 6.11. The van der Waals surface area contributed by atoms with E-state index in [1.807, 2.05) is 6.07 Å². The number of benzene rings is 2. The molecule has 0 saturated heterocycles. The lowest BCUT2D eigenvalue weighted by Crippen LogP contribution is -2.40. The Labute approximate surface area is 154 Å². The summed E-state index contributed by atoms with van der Waals surface area (Å²) in [5, 5.41) is 0.564. The van der Waals surface area contributed by atoms with Crippen LogP contribution in [0.2, 0.25) is 5.02 Å². The Hall–Kier alpha value is -1.60. The summed E-state index contributed by atoms with van der Waals surface area (Å²) in [4.78, 5) is 0.176. The van der Waals surface area contributed by atoms with Crippen molar-refractivity contribution in [2.75, 3.05) is 20.8 Å². The zero-order valence-corrected chi connectivity index (χ0v) is 16.2. The molecule has 7 heteroatoms. The molecule has 136 valence electrons. The molecule has 0 spiro atoms. The summed E-state index contributed by atoms with van der Waals surface area (Å²) in [6.07, 6.45) is 0. The fourth-order valence-electron chi connectivity index (χ4n) is 2.44. The van der Waals surface area contributed by atoms with E-state index in [4.69, 9.17) is 21.1 Å². The molecule has 0 aliphatic carbocycles. The third-order valence-electron chi connectivity index (χ3n) is 4.16. The smallest absolute Gasteiger partial charge is 0.240 e. The van der Waals surface area contributed by atoms with E-state index in [-0.39, 0.29) is 11.4 Å². The first-order valence-corrected chi connectivity index (χ1v) is 9.53. The molecule has 0 bridgehead atoms. The Morgan fingerprint density at radius 3 is 2.44 bits per heavy atom. The molecular formula is C18H22ClNO4S. The summed E-state index contributed by atoms with van der Waals surface area (Å²) in [6, 6.07) is 11.9. The van der Waals surface area contributed by atoms with Gasteiger partial charge < -0.3 is 9.47 Å². The lowest BCUT2D eigenvalue weighted by Gasteiger charge is -2.29. The minimum Gasteiger partial charge on any atom is -0.496 e. The van der Waals surface area contributed by atoms with E-state index < -0.39 is 15.6 Å². The van der Waals surface area contributed by atoms with Crippen molar-refractivity contribution in [2.45, 2.75) is 24.3 Å². The number of methoxy groups -OCH3 is 2. The van der Waals surface area contributed by atoms with Crippen molar-refractivity contribution < 1.29 is 17.9 Å². The third kappa shape index (κ3) is 4.52. The van der Waals surface area contributed by atoms with Gasteiger partial charge in [-0.3, -0.25) is 0 Å². The zero-order valence-electron chi connectivity index (χ0n) is 14.7. The van der Waals surface area contributed by atoms with E-state index in [1.165, 1.54) is 13.2 Å². The summed E-state index contributed by atoms with van der Waals surface area (Å²) < 4.78 is 38.6. The van der Waals surface area contributed by atoms with Gasteiger partial charge in [-0.1, -0.05) is 23.7 Å². The predicted octanol–water partition coefficient (Wildman–Crippen LogP) is 3.50. The summed E-state index contributed by atoms with van der Waals surface area (Å²) in [5.74, 6) is 0.639. The molecule has 25 heavy (non-hydrogen) atoms. The van der Waals surface area contributed by atoms with Crippen LogP contribution in [-0.4, -0.2) is 29.2 Å². The van der Waals surface area contributed by atoms with Crippen molar-refractivity contribution in [3.63, 3.8) is 0 Å². The van der Waals surface area contributed by atoms with Crippen molar-refractivity contribution in [1.29, 1.82) is 0 Å². The van der Waals surface area contributed by atoms with E-state index >= 15 is 0 Å². The maximum absolute atomic E-state index is 12.6. The number of halogens is 1. The molecule has 0 unspecified atom stereocenters. The molecule has 0 saturated carbocycles. The van der Waals surface area contributed by atoms with Crippen molar-refractivity contribution >= 4 is 21.6 Å². The number of sulfonamides is 1. The van der Waals surface area contributed by atoms with Gasteiger partial charge >= 0.3 is 0 Å². The van der Waals surface area contributed by atoms with Gasteiger partial charge in [0, 0.05) is 18.7 Å². The highest BCUT2D eigenvalue weighted by molar-refractivity contribution is 7.89. The van der Waals surface area contributed by atoms with E-state index in [2.05, 4.69) is 4.72 Å². The maximum atomic E-state index is 12.6. The average Bonchev–Trinajstić information content (AvgIpc) is 2.59. The number of hydrogen-bond donors (Lipinski definition) is 1. The topological polar surface area (TPSA) is 64.6 Å². The maximum Gasteiger partial charge on any atom is 0.240 e. The minimum atomic E-state index is -3.69. The standard InChI is InChI=1S/C18H22ClNO4S/c1-13-10-16(8-9-17(13)23-3)25(21,22)20-12-18(2,24-4)14-6-5-7-15(19)11-14/h5-11,20H,12H2,1-4H3/t18-/m0/s1. The third-order valence-corrected chi connectivity index (χ3v) is 5.80. The highest BCUT2D eigenvalue weighted by Crippen LogP contribution is 2.27. The molecule has 0 aromatic heterocycles. The number of hydrogen-bond acceptors (Lipinski definition) is 4. The lowest BCUT2D eigenvalue weighted by atomic mass is 9.96. The van der Waals surface area contributed by atoms with Gasteiger partial charge in [-0.05, 0) is 55.3 Å². The largest absolute Gasteiger partial charge is 0.496 e. The van der Waals surface area contributed by atoms with Crippen LogP contribution in [0.5, 0.6) is 5.75 Å². The van der Waals surface area contributed by atoms with Crippen LogP contribution in [0.4, 0.5) is 0 Å². The van der Waals surface area contributed by atoms with Crippen LogP contribution in [0, 0.1) is 6.92 Å². The second kappa shape index (κ2) is 7.74. The molecule has 0 amide bonds. The van der Waals surface area contributed by atoms with E-state index in [1.54, 1.807) is 51.3 Å². The van der Waals surface area contributed by atoms with Crippen LogP contribution in [0.25, 0.3) is 0 Å². The molecule has 2 aromatic carbocycles. The average molecular weight is 384 g/mol. The molecular weight excluding hydrogens is 362 g/mol. The van der Waals surface area contributed by atoms with Crippen molar-refractivity contribution in [2.24, 2.45) is 0 Å².